The van der Waals surface area contributed by atoms with Crippen molar-refractivity contribution in [3.05, 3.63) is 63.7 Å². The summed E-state index contributed by atoms with van der Waals surface area (Å²) in [5.74, 6) is -0.446. The second-order valence-electron chi connectivity index (χ2n) is 4.22. The molecule has 0 aliphatic rings. The monoisotopic (exact) mass is 285 g/mol. The number of benzene rings is 2. The van der Waals surface area contributed by atoms with Crippen LogP contribution in [0.25, 0.3) is 11.1 Å². The van der Waals surface area contributed by atoms with E-state index in [1.807, 2.05) is 0 Å². The first-order valence-corrected chi connectivity index (χ1v) is 5.99. The molecule has 0 aliphatic carbocycles. The van der Waals surface area contributed by atoms with Gasteiger partial charge in [0.05, 0.1) is 23.2 Å². The third-order valence-electron chi connectivity index (χ3n) is 2.99. The van der Waals surface area contributed by atoms with E-state index in [0.717, 1.165) is 5.56 Å². The topological polar surface area (TPSA) is 86.5 Å². The molecular weight excluding hydrogens is 274 g/mol. The van der Waals surface area contributed by atoms with Gasteiger partial charge in [-0.05, 0) is 35.4 Å². The van der Waals surface area contributed by atoms with Crippen LogP contribution < -0.4 is 0 Å². The minimum Gasteiger partial charge on any atom is -0.465 e. The van der Waals surface area contributed by atoms with Crippen molar-refractivity contribution in [2.75, 3.05) is 7.11 Å². The molecule has 0 amide bonds. The van der Waals surface area contributed by atoms with Gasteiger partial charge in [-0.25, -0.2) is 4.79 Å². The van der Waals surface area contributed by atoms with E-state index >= 15 is 0 Å². The van der Waals surface area contributed by atoms with Crippen LogP contribution in [0.1, 0.15) is 20.7 Å². The van der Waals surface area contributed by atoms with Gasteiger partial charge in [0.2, 0.25) is 0 Å². The summed E-state index contributed by atoms with van der Waals surface area (Å²) in [6, 6.07) is 10.8. The number of ether oxygens (including phenoxy) is 1. The van der Waals surface area contributed by atoms with Crippen LogP contribution in [0, 0.1) is 10.1 Å². The molecule has 2 aromatic rings. The molecule has 0 bridgehead atoms. The van der Waals surface area contributed by atoms with E-state index in [1.165, 1.54) is 19.2 Å². The van der Waals surface area contributed by atoms with Crippen LogP contribution in [-0.4, -0.2) is 24.3 Å². The molecule has 2 rings (SSSR count). The van der Waals surface area contributed by atoms with E-state index < -0.39 is 10.9 Å². The molecule has 106 valence electrons. The highest BCUT2D eigenvalue weighted by Crippen LogP contribution is 2.26. The zero-order chi connectivity index (χ0) is 15.4. The molecule has 0 unspecified atom stereocenters. The lowest BCUT2D eigenvalue weighted by atomic mass is 10.0. The van der Waals surface area contributed by atoms with Gasteiger partial charge < -0.3 is 4.74 Å². The van der Waals surface area contributed by atoms with E-state index in [2.05, 4.69) is 4.74 Å². The van der Waals surface area contributed by atoms with E-state index in [9.17, 15) is 19.7 Å². The van der Waals surface area contributed by atoms with Crippen LogP contribution in [0.4, 0.5) is 5.69 Å². The van der Waals surface area contributed by atoms with Crippen LogP contribution in [0.5, 0.6) is 0 Å². The number of nitro groups is 1. The average molecular weight is 285 g/mol. The molecule has 2 aromatic carbocycles. The first-order valence-electron chi connectivity index (χ1n) is 5.99. The van der Waals surface area contributed by atoms with Gasteiger partial charge in [-0.3, -0.25) is 14.9 Å². The van der Waals surface area contributed by atoms with Gasteiger partial charge in [0, 0.05) is 6.07 Å². The van der Waals surface area contributed by atoms with E-state index in [4.69, 9.17) is 0 Å². The average Bonchev–Trinajstić information content (AvgIpc) is 2.53. The van der Waals surface area contributed by atoms with Crippen molar-refractivity contribution in [3.63, 3.8) is 0 Å². The smallest absolute Gasteiger partial charge is 0.337 e. The highest BCUT2D eigenvalue weighted by Gasteiger charge is 2.14. The Bertz CT molecular complexity index is 707. The Morgan fingerprint density at radius 2 is 1.76 bits per heavy atom. The fourth-order valence-corrected chi connectivity index (χ4v) is 1.91. The fourth-order valence-electron chi connectivity index (χ4n) is 1.91. The fraction of sp³-hybridized carbons (Fsp3) is 0.0667. The minimum atomic E-state index is -0.603. The summed E-state index contributed by atoms with van der Waals surface area (Å²) in [6.45, 7) is 0. The van der Waals surface area contributed by atoms with Crippen LogP contribution >= 0.6 is 0 Å². The van der Waals surface area contributed by atoms with E-state index in [0.29, 0.717) is 17.4 Å². The predicted octanol–water partition coefficient (Wildman–Crippen LogP) is 2.86. The maximum absolute atomic E-state index is 11.3. The third kappa shape index (κ3) is 2.94. The van der Waals surface area contributed by atoms with Crippen molar-refractivity contribution in [1.82, 2.24) is 0 Å². The Balaban J connectivity index is 2.40. The summed E-state index contributed by atoms with van der Waals surface area (Å²) in [4.78, 5) is 32.4. The lowest BCUT2D eigenvalue weighted by molar-refractivity contribution is -0.385. The number of rotatable bonds is 4. The SMILES string of the molecule is COC(=O)c1ccc(-c2ccc([N+](=O)[O-])c(C=O)c2)cc1. The summed E-state index contributed by atoms with van der Waals surface area (Å²) in [7, 11) is 1.29. The Morgan fingerprint density at radius 1 is 1.14 bits per heavy atom. The van der Waals surface area contributed by atoms with Crippen LogP contribution in [0.15, 0.2) is 42.5 Å². The van der Waals surface area contributed by atoms with E-state index in [-0.39, 0.29) is 11.3 Å². The lowest BCUT2D eigenvalue weighted by Crippen LogP contribution is -2.00. The highest BCUT2D eigenvalue weighted by molar-refractivity contribution is 5.90. The maximum Gasteiger partial charge on any atom is 0.337 e. The number of carbonyl (C=O) groups is 2. The quantitative estimate of drug-likeness (QED) is 0.373. The summed E-state index contributed by atoms with van der Waals surface area (Å²) < 4.78 is 4.60. The number of nitrogens with zero attached hydrogens (tertiary/aromatic N) is 1. The van der Waals surface area contributed by atoms with Gasteiger partial charge in [0.25, 0.3) is 5.69 Å². The molecule has 0 N–H and O–H groups in total. The molecule has 6 nitrogen and oxygen atoms in total. The number of methoxy groups -OCH3 is 1. The summed E-state index contributed by atoms with van der Waals surface area (Å²) in [5, 5.41) is 10.8. The van der Waals surface area contributed by atoms with Crippen molar-refractivity contribution in [3.8, 4) is 11.1 Å². The van der Waals surface area contributed by atoms with Crippen molar-refractivity contribution >= 4 is 17.9 Å². The largest absolute Gasteiger partial charge is 0.465 e. The molecule has 0 radical (unpaired) electrons. The predicted molar refractivity (Wildman–Crippen MR) is 75.3 cm³/mol. The molecule has 0 atom stereocenters. The number of carbonyl (C=O) groups excluding carboxylic acids is 2. The highest BCUT2D eigenvalue weighted by atomic mass is 16.6. The number of hydrogen-bond acceptors (Lipinski definition) is 5. The van der Waals surface area contributed by atoms with Gasteiger partial charge in [0.1, 0.15) is 0 Å². The number of nitro benzene ring substituents is 1. The normalized spacial score (nSPS) is 9.95. The van der Waals surface area contributed by atoms with Gasteiger partial charge >= 0.3 is 5.97 Å². The second-order valence-corrected chi connectivity index (χ2v) is 4.22. The first kappa shape index (κ1) is 14.4. The summed E-state index contributed by atoms with van der Waals surface area (Å²) in [5.41, 5.74) is 1.56. The summed E-state index contributed by atoms with van der Waals surface area (Å²) >= 11 is 0. The van der Waals surface area contributed by atoms with Crippen molar-refractivity contribution in [1.29, 1.82) is 0 Å². The molecule has 0 aromatic heterocycles. The standard InChI is InChI=1S/C15H11NO5/c1-21-15(18)11-4-2-10(3-5-11)12-6-7-14(16(19)20)13(8-12)9-17/h2-9H,1H3. The Morgan fingerprint density at radius 3 is 2.29 bits per heavy atom. The Kier molecular flexibility index (Phi) is 4.08. The van der Waals surface area contributed by atoms with Gasteiger partial charge in [-0.15, -0.1) is 0 Å². The van der Waals surface area contributed by atoms with Gasteiger partial charge in [-0.2, -0.15) is 0 Å². The zero-order valence-corrected chi connectivity index (χ0v) is 11.1. The lowest BCUT2D eigenvalue weighted by Gasteiger charge is -2.05. The Labute approximate surface area is 120 Å². The van der Waals surface area contributed by atoms with Gasteiger partial charge in [-0.1, -0.05) is 12.1 Å². The Hall–Kier alpha value is -3.02. The number of hydrogen-bond donors (Lipinski definition) is 0. The minimum absolute atomic E-state index is 0.00884. The van der Waals surface area contributed by atoms with Gasteiger partial charge in [0.15, 0.2) is 6.29 Å². The zero-order valence-electron chi connectivity index (χ0n) is 11.1. The second kappa shape index (κ2) is 5.96. The molecular formula is C15H11NO5. The third-order valence-corrected chi connectivity index (χ3v) is 2.99. The maximum atomic E-state index is 11.3. The molecule has 21 heavy (non-hydrogen) atoms. The number of aldehydes is 1. The van der Waals surface area contributed by atoms with Crippen molar-refractivity contribution in [2.45, 2.75) is 0 Å². The molecule has 6 heteroatoms. The van der Waals surface area contributed by atoms with Crippen LogP contribution in [0.3, 0.4) is 0 Å². The molecule has 0 fully saturated rings. The number of esters is 1. The molecule has 0 saturated carbocycles. The van der Waals surface area contributed by atoms with Crippen molar-refractivity contribution in [2.24, 2.45) is 0 Å². The van der Waals surface area contributed by atoms with Crippen molar-refractivity contribution < 1.29 is 19.2 Å². The molecule has 0 aliphatic heterocycles. The van der Waals surface area contributed by atoms with E-state index in [1.54, 1.807) is 30.3 Å². The van der Waals surface area contributed by atoms with Crippen LogP contribution in [-0.2, 0) is 4.74 Å². The molecule has 0 saturated heterocycles. The first-order chi connectivity index (χ1) is 10.1. The summed E-state index contributed by atoms with van der Waals surface area (Å²) in [6.07, 6.45) is 0.449. The van der Waals surface area contributed by atoms with Crippen LogP contribution in [0.2, 0.25) is 0 Å². The molecule has 0 spiro atoms. The molecule has 0 heterocycles.